The lowest BCUT2D eigenvalue weighted by molar-refractivity contribution is -0.298. The lowest BCUT2D eigenvalue weighted by atomic mass is 9.99. The number of carbonyl (C=O) groups is 1. The van der Waals surface area contributed by atoms with Crippen LogP contribution in [0.15, 0.2) is 12.2 Å². The molecule has 14 heteroatoms. The molecule has 0 aromatic heterocycles. The number of nitrogens with one attached hydrogen (secondary N) is 1. The monoisotopic (exact) mass is 824 g/mol. The quantitative estimate of drug-likeness (QED) is 0.0192. The first kappa shape index (κ1) is 52.8. The zero-order valence-electron chi connectivity index (χ0n) is 34.8. The molecule has 332 valence electrons. The zero-order chi connectivity index (χ0) is 41.4. The molecule has 1 saturated heterocycles. The fourth-order valence-corrected chi connectivity index (χ4v) is 7.61. The van der Waals surface area contributed by atoms with Crippen molar-refractivity contribution >= 4 is 16.3 Å². The highest BCUT2D eigenvalue weighted by Crippen LogP contribution is 2.26. The van der Waals surface area contributed by atoms with Crippen molar-refractivity contribution in [3.05, 3.63) is 12.2 Å². The molecule has 56 heavy (non-hydrogen) atoms. The summed E-state index contributed by atoms with van der Waals surface area (Å²) in [7, 11) is -5.10. The smallest absolute Gasteiger partial charge is 0.394 e. The molecule has 1 fully saturated rings. The van der Waals surface area contributed by atoms with E-state index in [2.05, 4.69) is 35.5 Å². The van der Waals surface area contributed by atoms with E-state index in [1.807, 2.05) is 0 Å². The van der Waals surface area contributed by atoms with Gasteiger partial charge in [0.1, 0.15) is 30.5 Å². The molecule has 8 unspecified atom stereocenters. The molecule has 1 amide bonds. The zero-order valence-corrected chi connectivity index (χ0v) is 35.6. The molecule has 1 heterocycles. The lowest BCUT2D eigenvalue weighted by Crippen LogP contribution is -2.61. The van der Waals surface area contributed by atoms with Crippen LogP contribution in [0.1, 0.15) is 187 Å². The van der Waals surface area contributed by atoms with Crippen LogP contribution in [0.2, 0.25) is 0 Å². The molecule has 1 aliphatic rings. The van der Waals surface area contributed by atoms with Crippen LogP contribution in [0, 0.1) is 0 Å². The lowest BCUT2D eigenvalue weighted by Gasteiger charge is -2.41. The number of allylic oxidation sites excluding steroid dienone is 2. The minimum atomic E-state index is -5.10. The molecule has 13 nitrogen and oxygen atoms in total. The summed E-state index contributed by atoms with van der Waals surface area (Å²) in [6, 6.07) is -1.03. The molecular formula is C42H81NO12S. The van der Waals surface area contributed by atoms with Crippen molar-refractivity contribution in [3.8, 4) is 0 Å². The van der Waals surface area contributed by atoms with E-state index < -0.39 is 78.5 Å². The van der Waals surface area contributed by atoms with Crippen LogP contribution < -0.4 is 5.32 Å². The first-order valence-corrected chi connectivity index (χ1v) is 23.5. The molecule has 0 aromatic rings. The van der Waals surface area contributed by atoms with Gasteiger partial charge in [-0.15, -0.1) is 0 Å². The second-order valence-corrected chi connectivity index (χ2v) is 16.8. The van der Waals surface area contributed by atoms with Gasteiger partial charge in [0, 0.05) is 0 Å². The van der Waals surface area contributed by atoms with E-state index in [0.717, 1.165) is 64.2 Å². The molecule has 0 radical (unpaired) electrons. The molecule has 7 N–H and O–H groups in total. The highest BCUT2D eigenvalue weighted by molar-refractivity contribution is 7.80. The second kappa shape index (κ2) is 33.6. The maximum atomic E-state index is 13.1. The average molecular weight is 824 g/mol. The molecule has 1 rings (SSSR count). The molecule has 0 bridgehead atoms. The van der Waals surface area contributed by atoms with Crippen molar-refractivity contribution in [2.75, 3.05) is 13.2 Å². The van der Waals surface area contributed by atoms with Gasteiger partial charge in [-0.05, 0) is 38.5 Å². The Bertz CT molecular complexity index is 1080. The van der Waals surface area contributed by atoms with Crippen LogP contribution in [-0.4, -0.2) is 107 Å². The highest BCUT2D eigenvalue weighted by Gasteiger charge is 2.48. The molecule has 1 aliphatic heterocycles. The number of carbonyl (C=O) groups excluding carboxylic acids is 1. The van der Waals surface area contributed by atoms with Crippen molar-refractivity contribution in [1.29, 1.82) is 0 Å². The Morgan fingerprint density at radius 1 is 0.696 bits per heavy atom. The van der Waals surface area contributed by atoms with E-state index in [4.69, 9.17) is 14.0 Å². The summed E-state index contributed by atoms with van der Waals surface area (Å²) in [6.07, 6.45) is 22.9. The number of aliphatic hydroxyl groups is 5. The van der Waals surface area contributed by atoms with Crippen LogP contribution in [0.5, 0.6) is 0 Å². The number of hydrogen-bond acceptors (Lipinski definition) is 11. The van der Waals surface area contributed by atoms with Gasteiger partial charge < -0.3 is 40.3 Å². The van der Waals surface area contributed by atoms with E-state index in [0.29, 0.717) is 19.3 Å². The standard InChI is InChI=1S/C42H81NO12S/c1-3-5-7-9-11-13-14-15-16-17-18-19-20-21-22-23-25-27-29-31-36(46)41(49)43-34(35(45)30-28-26-24-12-10-8-6-4-2)33-53-42-39(48)40(55-56(50,51)52)38(47)37(32-44)54-42/h18-19,34-40,42,44-48H,3-17,20-33H2,1-2H3,(H,43,49)(H,50,51,52)/b19-18-. The van der Waals surface area contributed by atoms with Crippen LogP contribution >= 0.6 is 0 Å². The van der Waals surface area contributed by atoms with Gasteiger partial charge in [0.2, 0.25) is 5.91 Å². The topological polar surface area (TPSA) is 212 Å². The molecule has 0 aliphatic carbocycles. The van der Waals surface area contributed by atoms with Crippen molar-refractivity contribution in [1.82, 2.24) is 5.32 Å². The number of hydrogen-bond donors (Lipinski definition) is 7. The Labute approximate surface area is 339 Å². The fraction of sp³-hybridized carbons (Fsp3) is 0.929. The van der Waals surface area contributed by atoms with Crippen LogP contribution in [0.3, 0.4) is 0 Å². The van der Waals surface area contributed by atoms with Crippen LogP contribution in [-0.2, 0) is 28.9 Å². The third kappa shape index (κ3) is 26.0. The van der Waals surface area contributed by atoms with E-state index in [1.165, 1.54) is 83.5 Å². The van der Waals surface area contributed by atoms with E-state index in [1.54, 1.807) is 0 Å². The summed E-state index contributed by atoms with van der Waals surface area (Å²) in [5.74, 6) is -0.677. The Morgan fingerprint density at radius 3 is 1.61 bits per heavy atom. The molecule has 0 aromatic carbocycles. The first-order chi connectivity index (χ1) is 26.9. The second-order valence-electron chi connectivity index (χ2n) is 15.8. The Balaban J connectivity index is 2.49. The minimum absolute atomic E-state index is 0.254. The number of ether oxygens (including phenoxy) is 2. The number of amides is 1. The Hall–Kier alpha value is -1.20. The maximum Gasteiger partial charge on any atom is 0.397 e. The van der Waals surface area contributed by atoms with Gasteiger partial charge in [-0.1, -0.05) is 161 Å². The third-order valence-electron chi connectivity index (χ3n) is 10.7. The van der Waals surface area contributed by atoms with Crippen molar-refractivity contribution in [2.45, 2.75) is 236 Å². The van der Waals surface area contributed by atoms with Crippen molar-refractivity contribution in [3.63, 3.8) is 0 Å². The van der Waals surface area contributed by atoms with Gasteiger partial charge in [-0.3, -0.25) is 9.35 Å². The van der Waals surface area contributed by atoms with Gasteiger partial charge in [0.25, 0.3) is 0 Å². The summed E-state index contributed by atoms with van der Waals surface area (Å²) in [5.41, 5.74) is 0. The molecule has 8 atom stereocenters. The summed E-state index contributed by atoms with van der Waals surface area (Å²) in [6.45, 7) is 3.22. The largest absolute Gasteiger partial charge is 0.397 e. The normalized spacial score (nSPS) is 22.0. The molecular weight excluding hydrogens is 743 g/mol. The predicted octanol–water partition coefficient (Wildman–Crippen LogP) is 6.97. The van der Waals surface area contributed by atoms with Crippen LogP contribution in [0.25, 0.3) is 0 Å². The molecule has 0 spiro atoms. The summed E-state index contributed by atoms with van der Waals surface area (Å²) < 4.78 is 47.4. The third-order valence-corrected chi connectivity index (χ3v) is 11.1. The summed E-state index contributed by atoms with van der Waals surface area (Å²) in [5, 5.41) is 55.1. The van der Waals surface area contributed by atoms with Crippen LogP contribution in [0.4, 0.5) is 0 Å². The number of unbranched alkanes of at least 4 members (excludes halogenated alkanes) is 22. The SMILES string of the molecule is CCCCCCCCCCC/C=C\CCCCCCCCC(O)C(=O)NC(COC1OC(CO)C(O)C(OS(=O)(=O)O)C1O)C(O)CCCCCCCCCC. The fourth-order valence-electron chi connectivity index (χ4n) is 7.11. The van der Waals surface area contributed by atoms with Crippen molar-refractivity contribution in [2.24, 2.45) is 0 Å². The highest BCUT2D eigenvalue weighted by atomic mass is 32.3. The number of rotatable bonds is 37. The van der Waals surface area contributed by atoms with E-state index in [9.17, 15) is 38.7 Å². The Morgan fingerprint density at radius 2 is 1.14 bits per heavy atom. The predicted molar refractivity (Wildman–Crippen MR) is 219 cm³/mol. The molecule has 0 saturated carbocycles. The Kier molecular flexibility index (Phi) is 31.7. The van der Waals surface area contributed by atoms with Gasteiger partial charge in [0.05, 0.1) is 25.4 Å². The summed E-state index contributed by atoms with van der Waals surface area (Å²) >= 11 is 0. The summed E-state index contributed by atoms with van der Waals surface area (Å²) in [4.78, 5) is 13.1. The van der Waals surface area contributed by atoms with Gasteiger partial charge >= 0.3 is 10.4 Å². The maximum absolute atomic E-state index is 13.1. The average Bonchev–Trinajstić information content (AvgIpc) is 3.16. The number of aliphatic hydroxyl groups excluding tert-OH is 5. The van der Waals surface area contributed by atoms with Gasteiger partial charge in [0.15, 0.2) is 6.29 Å². The van der Waals surface area contributed by atoms with Gasteiger partial charge in [-0.25, -0.2) is 4.18 Å². The van der Waals surface area contributed by atoms with Gasteiger partial charge in [-0.2, -0.15) is 8.42 Å². The van der Waals surface area contributed by atoms with Crippen molar-refractivity contribution < 1.29 is 57.0 Å². The van der Waals surface area contributed by atoms with E-state index in [-0.39, 0.29) is 6.42 Å². The first-order valence-electron chi connectivity index (χ1n) is 22.2. The minimum Gasteiger partial charge on any atom is -0.394 e. The van der Waals surface area contributed by atoms with E-state index >= 15 is 0 Å².